The third-order valence-corrected chi connectivity index (χ3v) is 5.75. The second kappa shape index (κ2) is 13.3. The van der Waals surface area contributed by atoms with Crippen LogP contribution in [0.25, 0.3) is 0 Å². The van der Waals surface area contributed by atoms with Crippen molar-refractivity contribution in [2.75, 3.05) is 0 Å². The quantitative estimate of drug-likeness (QED) is 0.336. The van der Waals surface area contributed by atoms with Gasteiger partial charge in [0.05, 0.1) is 0 Å². The molecule has 1 nitrogen and oxygen atoms in total. The molecule has 0 heterocycles. The highest BCUT2D eigenvalue weighted by molar-refractivity contribution is 5.45. The Hall–Kier alpha value is -0.980. The molecule has 1 unspecified atom stereocenters. The summed E-state index contributed by atoms with van der Waals surface area (Å²) in [6.07, 6.45) is 18.0. The predicted octanol–water partition coefficient (Wildman–Crippen LogP) is 8.20. The molecule has 144 valence electrons. The molecule has 0 saturated carbocycles. The van der Waals surface area contributed by atoms with Crippen molar-refractivity contribution in [3.8, 4) is 5.75 Å². The van der Waals surface area contributed by atoms with E-state index in [2.05, 4.69) is 32.9 Å². The molecule has 1 N–H and O–H groups in total. The van der Waals surface area contributed by atoms with E-state index in [1.807, 2.05) is 6.92 Å². The first-order valence-electron chi connectivity index (χ1n) is 10.9. The lowest BCUT2D eigenvalue weighted by Crippen LogP contribution is -1.97. The maximum absolute atomic E-state index is 10.3. The average Bonchev–Trinajstić information content (AvgIpc) is 2.60. The molecule has 0 fully saturated rings. The summed E-state index contributed by atoms with van der Waals surface area (Å²) < 4.78 is 0. The summed E-state index contributed by atoms with van der Waals surface area (Å²) in [6, 6.07) is 4.26. The van der Waals surface area contributed by atoms with Crippen LogP contribution in [0.3, 0.4) is 0 Å². The molecule has 25 heavy (non-hydrogen) atoms. The van der Waals surface area contributed by atoms with Crippen molar-refractivity contribution in [2.24, 2.45) is 0 Å². The first-order chi connectivity index (χ1) is 12.1. The summed E-state index contributed by atoms with van der Waals surface area (Å²) >= 11 is 0. The van der Waals surface area contributed by atoms with E-state index in [-0.39, 0.29) is 0 Å². The van der Waals surface area contributed by atoms with E-state index < -0.39 is 0 Å². The minimum absolute atomic E-state index is 0.461. The van der Waals surface area contributed by atoms with Crippen LogP contribution in [0, 0.1) is 13.8 Å². The van der Waals surface area contributed by atoms with Gasteiger partial charge in [-0.25, -0.2) is 0 Å². The Bertz CT molecular complexity index is 463. The standard InChI is InChI=1S/C24H42O/c1-5-6-7-8-9-10-11-12-13-14-15-16-17-21(3)23-19-18-20(2)22(4)24(23)25/h18-19,21,25H,5-17H2,1-4H3. The third-order valence-electron chi connectivity index (χ3n) is 5.75. The third kappa shape index (κ3) is 8.79. The van der Waals surface area contributed by atoms with Crippen LogP contribution in [-0.4, -0.2) is 5.11 Å². The van der Waals surface area contributed by atoms with E-state index in [0.29, 0.717) is 11.7 Å². The minimum Gasteiger partial charge on any atom is -0.507 e. The second-order valence-corrected chi connectivity index (χ2v) is 8.02. The lowest BCUT2D eigenvalue weighted by molar-refractivity contribution is 0.452. The first-order valence-corrected chi connectivity index (χ1v) is 10.9. The molecule has 0 radical (unpaired) electrons. The summed E-state index contributed by atoms with van der Waals surface area (Å²) in [5.41, 5.74) is 3.35. The van der Waals surface area contributed by atoms with Crippen molar-refractivity contribution in [2.45, 2.75) is 117 Å². The van der Waals surface area contributed by atoms with E-state index in [0.717, 1.165) is 11.1 Å². The van der Waals surface area contributed by atoms with Crippen molar-refractivity contribution in [1.82, 2.24) is 0 Å². The number of aromatic hydroxyl groups is 1. The Balaban J connectivity index is 2.04. The average molecular weight is 347 g/mol. The number of rotatable bonds is 14. The van der Waals surface area contributed by atoms with Gasteiger partial charge in [-0.15, -0.1) is 0 Å². The topological polar surface area (TPSA) is 20.2 Å². The fourth-order valence-electron chi connectivity index (χ4n) is 3.67. The molecule has 1 aromatic carbocycles. The summed E-state index contributed by atoms with van der Waals surface area (Å²) in [4.78, 5) is 0. The van der Waals surface area contributed by atoms with Gasteiger partial charge in [0.15, 0.2) is 0 Å². The highest BCUT2D eigenvalue weighted by atomic mass is 16.3. The number of unbranched alkanes of at least 4 members (excludes halogenated alkanes) is 11. The zero-order chi connectivity index (χ0) is 18.5. The zero-order valence-corrected chi connectivity index (χ0v) is 17.4. The fraction of sp³-hybridized carbons (Fsp3) is 0.750. The highest BCUT2D eigenvalue weighted by Gasteiger charge is 2.12. The number of hydrogen-bond acceptors (Lipinski definition) is 1. The van der Waals surface area contributed by atoms with Crippen LogP contribution in [0.1, 0.15) is 120 Å². The molecule has 0 amide bonds. The van der Waals surface area contributed by atoms with Gasteiger partial charge in [-0.05, 0) is 42.9 Å². The van der Waals surface area contributed by atoms with Crippen LogP contribution in [0.4, 0.5) is 0 Å². The van der Waals surface area contributed by atoms with Crippen LogP contribution in [-0.2, 0) is 0 Å². The Morgan fingerprint density at radius 2 is 1.24 bits per heavy atom. The van der Waals surface area contributed by atoms with Crippen LogP contribution in [0.5, 0.6) is 5.75 Å². The second-order valence-electron chi connectivity index (χ2n) is 8.02. The molecule has 0 saturated heterocycles. The first kappa shape index (κ1) is 22.1. The summed E-state index contributed by atoms with van der Waals surface area (Å²) in [6.45, 7) is 8.62. The Morgan fingerprint density at radius 3 is 1.76 bits per heavy atom. The molecular formula is C24H42O. The van der Waals surface area contributed by atoms with E-state index >= 15 is 0 Å². The molecule has 0 aliphatic rings. The number of benzene rings is 1. The maximum Gasteiger partial charge on any atom is 0.122 e. The van der Waals surface area contributed by atoms with E-state index in [1.54, 1.807) is 0 Å². The molecule has 1 heteroatoms. The van der Waals surface area contributed by atoms with Gasteiger partial charge in [-0.1, -0.05) is 103 Å². The molecule has 1 aromatic rings. The van der Waals surface area contributed by atoms with Crippen LogP contribution in [0.2, 0.25) is 0 Å². The van der Waals surface area contributed by atoms with Gasteiger partial charge < -0.3 is 5.11 Å². The molecule has 0 aliphatic carbocycles. The molecule has 0 bridgehead atoms. The summed E-state index contributed by atoms with van der Waals surface area (Å²) in [5, 5.41) is 10.3. The van der Waals surface area contributed by atoms with Gasteiger partial charge >= 0.3 is 0 Å². The Morgan fingerprint density at radius 1 is 0.760 bits per heavy atom. The van der Waals surface area contributed by atoms with Gasteiger partial charge in [0.2, 0.25) is 0 Å². The maximum atomic E-state index is 10.3. The number of phenolic OH excluding ortho intramolecular Hbond substituents is 1. The molecule has 0 aromatic heterocycles. The van der Waals surface area contributed by atoms with Crippen molar-refractivity contribution in [3.05, 3.63) is 28.8 Å². The van der Waals surface area contributed by atoms with Crippen molar-refractivity contribution in [3.63, 3.8) is 0 Å². The predicted molar refractivity (Wildman–Crippen MR) is 112 cm³/mol. The smallest absolute Gasteiger partial charge is 0.122 e. The van der Waals surface area contributed by atoms with Crippen molar-refractivity contribution < 1.29 is 5.11 Å². The molecule has 1 atom stereocenters. The van der Waals surface area contributed by atoms with Gasteiger partial charge in [0.25, 0.3) is 0 Å². The van der Waals surface area contributed by atoms with Gasteiger partial charge in [0.1, 0.15) is 5.75 Å². The number of hydrogen-bond donors (Lipinski definition) is 1. The zero-order valence-electron chi connectivity index (χ0n) is 17.4. The lowest BCUT2D eigenvalue weighted by Gasteiger charge is -2.16. The summed E-state index contributed by atoms with van der Waals surface area (Å²) in [5.74, 6) is 0.980. The van der Waals surface area contributed by atoms with Gasteiger partial charge in [-0.3, -0.25) is 0 Å². The summed E-state index contributed by atoms with van der Waals surface area (Å²) in [7, 11) is 0. The minimum atomic E-state index is 0.461. The van der Waals surface area contributed by atoms with E-state index in [1.165, 1.54) is 89.0 Å². The normalized spacial score (nSPS) is 12.5. The number of phenols is 1. The largest absolute Gasteiger partial charge is 0.507 e. The van der Waals surface area contributed by atoms with Crippen LogP contribution in [0.15, 0.2) is 12.1 Å². The van der Waals surface area contributed by atoms with Crippen LogP contribution < -0.4 is 0 Å². The van der Waals surface area contributed by atoms with E-state index in [4.69, 9.17) is 0 Å². The molecule has 0 aliphatic heterocycles. The number of aryl methyl sites for hydroxylation is 1. The molecule has 0 spiro atoms. The molecular weight excluding hydrogens is 304 g/mol. The fourth-order valence-corrected chi connectivity index (χ4v) is 3.67. The van der Waals surface area contributed by atoms with Crippen molar-refractivity contribution in [1.29, 1.82) is 0 Å². The Kier molecular flexibility index (Phi) is 11.7. The monoisotopic (exact) mass is 346 g/mol. The SMILES string of the molecule is CCCCCCCCCCCCCCC(C)c1ccc(C)c(C)c1O. The van der Waals surface area contributed by atoms with Crippen LogP contribution >= 0.6 is 0 Å². The van der Waals surface area contributed by atoms with Gasteiger partial charge in [0, 0.05) is 0 Å². The molecule has 1 rings (SSSR count). The van der Waals surface area contributed by atoms with Gasteiger partial charge in [-0.2, -0.15) is 0 Å². The lowest BCUT2D eigenvalue weighted by atomic mass is 9.91. The van der Waals surface area contributed by atoms with E-state index in [9.17, 15) is 5.11 Å². The Labute approximate surface area is 157 Å². The van der Waals surface area contributed by atoms with Crippen molar-refractivity contribution >= 4 is 0 Å². The highest BCUT2D eigenvalue weighted by Crippen LogP contribution is 2.33.